The van der Waals surface area contributed by atoms with E-state index < -0.39 is 23.3 Å². The number of H-pyrrole nitrogens is 1. The van der Waals surface area contributed by atoms with Crippen molar-refractivity contribution in [2.75, 3.05) is 5.32 Å². The molecule has 5 nitrogen and oxygen atoms in total. The number of alkyl halides is 3. The molecule has 0 unspecified atom stereocenters. The van der Waals surface area contributed by atoms with Crippen LogP contribution < -0.4 is 10.3 Å². The van der Waals surface area contributed by atoms with Crippen LogP contribution in [0.25, 0.3) is 11.1 Å². The highest BCUT2D eigenvalue weighted by molar-refractivity contribution is 6.05. The first kappa shape index (κ1) is 17.2. The van der Waals surface area contributed by atoms with Gasteiger partial charge >= 0.3 is 6.18 Å². The number of carbonyl (C=O) groups is 1. The summed E-state index contributed by atoms with van der Waals surface area (Å²) >= 11 is 0. The van der Waals surface area contributed by atoms with Gasteiger partial charge in [0.25, 0.3) is 0 Å². The highest BCUT2D eigenvalue weighted by atomic mass is 19.4. The van der Waals surface area contributed by atoms with E-state index >= 15 is 0 Å². The van der Waals surface area contributed by atoms with Crippen molar-refractivity contribution in [3.8, 4) is 0 Å². The topological polar surface area (TPSA) is 60.5 Å². The van der Waals surface area contributed by atoms with Gasteiger partial charge in [0, 0.05) is 30.6 Å². The quantitative estimate of drug-likeness (QED) is 0.697. The molecule has 1 aliphatic rings. The van der Waals surface area contributed by atoms with Gasteiger partial charge in [-0.15, -0.1) is 0 Å². The number of ketones is 1. The van der Waals surface area contributed by atoms with Crippen molar-refractivity contribution in [2.45, 2.75) is 19.5 Å². The van der Waals surface area contributed by atoms with Crippen LogP contribution in [0.2, 0.25) is 0 Å². The molecule has 3 aromatic rings. The standard InChI is InChI=1S/C18H12F4N4O/c1-9-6-23-7-14(15(9)19)25-17-16-11-4-10(27)5-13(18(20,21)22)12(11)8-26(16)3-2-24-17/h2-3,5-8H,4H2,1H3,(H,24,25)/p+1. The molecule has 0 radical (unpaired) electrons. The van der Waals surface area contributed by atoms with Gasteiger partial charge in [-0.25, -0.2) is 14.4 Å². The van der Waals surface area contributed by atoms with Crippen molar-refractivity contribution in [1.29, 1.82) is 0 Å². The lowest BCUT2D eigenvalue weighted by Crippen LogP contribution is -2.18. The Morgan fingerprint density at radius 3 is 2.81 bits per heavy atom. The highest BCUT2D eigenvalue weighted by Crippen LogP contribution is 2.41. The Morgan fingerprint density at radius 2 is 2.07 bits per heavy atom. The number of halogens is 4. The summed E-state index contributed by atoms with van der Waals surface area (Å²) in [6.07, 6.45) is 2.82. The number of pyridine rings is 1. The Kier molecular flexibility index (Phi) is 3.76. The number of carbonyl (C=O) groups excluding carboxylic acids is 1. The van der Waals surface area contributed by atoms with E-state index in [9.17, 15) is 22.4 Å². The van der Waals surface area contributed by atoms with E-state index in [-0.39, 0.29) is 29.1 Å². The number of hydrogen-bond donors (Lipinski definition) is 1. The normalized spacial score (nSPS) is 14.3. The van der Waals surface area contributed by atoms with Crippen molar-refractivity contribution < 1.29 is 27.3 Å². The number of allylic oxidation sites excluding steroid dienone is 2. The fourth-order valence-corrected chi connectivity index (χ4v) is 3.20. The summed E-state index contributed by atoms with van der Waals surface area (Å²) in [4.78, 5) is 18.8. The van der Waals surface area contributed by atoms with Crippen LogP contribution in [-0.4, -0.2) is 21.3 Å². The molecule has 0 saturated carbocycles. The molecule has 0 aromatic carbocycles. The number of nitrogens with zero attached hydrogens (tertiary/aromatic N) is 2. The Bertz CT molecular complexity index is 1110. The molecule has 138 valence electrons. The zero-order valence-corrected chi connectivity index (χ0v) is 14.0. The number of nitrogens with one attached hydrogen (secondary N) is 2. The number of rotatable bonds is 2. The van der Waals surface area contributed by atoms with Crippen LogP contribution in [0.15, 0.2) is 37.1 Å². The van der Waals surface area contributed by atoms with Gasteiger partial charge in [0.1, 0.15) is 5.69 Å². The molecule has 27 heavy (non-hydrogen) atoms. The monoisotopic (exact) mass is 377 g/mol. The number of hydrogen-bond acceptors (Lipinski definition) is 3. The van der Waals surface area contributed by atoms with Crippen molar-refractivity contribution in [1.82, 2.24) is 9.38 Å². The van der Waals surface area contributed by atoms with Gasteiger partial charge in [0.2, 0.25) is 0 Å². The Balaban J connectivity index is 1.90. The van der Waals surface area contributed by atoms with Gasteiger partial charge < -0.3 is 9.72 Å². The third kappa shape index (κ3) is 2.84. The minimum atomic E-state index is -4.66. The van der Waals surface area contributed by atoms with Gasteiger partial charge in [-0.05, 0) is 18.6 Å². The number of fused-ring (bicyclic) bond motifs is 3. The van der Waals surface area contributed by atoms with E-state index in [0.29, 0.717) is 17.2 Å². The van der Waals surface area contributed by atoms with Gasteiger partial charge in [-0.2, -0.15) is 13.2 Å². The summed E-state index contributed by atoms with van der Waals surface area (Å²) in [5.74, 6) is -0.995. The molecule has 0 saturated heterocycles. The lowest BCUT2D eigenvalue weighted by atomic mass is 9.92. The number of anilines is 2. The van der Waals surface area contributed by atoms with E-state index in [1.165, 1.54) is 35.4 Å². The third-order valence-electron chi connectivity index (χ3n) is 4.41. The molecule has 1 aliphatic carbocycles. The summed E-state index contributed by atoms with van der Waals surface area (Å²) < 4.78 is 55.8. The predicted molar refractivity (Wildman–Crippen MR) is 88.9 cm³/mol. The van der Waals surface area contributed by atoms with Crippen LogP contribution in [0.1, 0.15) is 16.7 Å². The van der Waals surface area contributed by atoms with Gasteiger partial charge in [-0.1, -0.05) is 0 Å². The third-order valence-corrected chi connectivity index (χ3v) is 4.41. The lowest BCUT2D eigenvalue weighted by molar-refractivity contribution is -0.378. The fourth-order valence-electron chi connectivity index (χ4n) is 3.20. The Morgan fingerprint density at radius 1 is 1.30 bits per heavy atom. The van der Waals surface area contributed by atoms with Crippen LogP contribution in [0, 0.1) is 12.7 Å². The van der Waals surface area contributed by atoms with Crippen LogP contribution in [-0.2, 0) is 11.2 Å². The Hall–Kier alpha value is -3.23. The van der Waals surface area contributed by atoms with Gasteiger partial charge in [0.15, 0.2) is 29.8 Å². The Labute approximate surface area is 150 Å². The number of aromatic amines is 1. The molecule has 0 fully saturated rings. The van der Waals surface area contributed by atoms with E-state index in [2.05, 4.69) is 15.3 Å². The van der Waals surface area contributed by atoms with Gasteiger partial charge in [-0.3, -0.25) is 4.79 Å². The summed E-state index contributed by atoms with van der Waals surface area (Å²) in [5.41, 5.74) is -0.0897. The second kappa shape index (κ2) is 5.90. The molecular weight excluding hydrogens is 364 g/mol. The first-order valence-electron chi connectivity index (χ1n) is 7.99. The summed E-state index contributed by atoms with van der Waals surface area (Å²) in [5, 5.41) is 2.81. The molecule has 0 spiro atoms. The van der Waals surface area contributed by atoms with Crippen molar-refractivity contribution in [3.63, 3.8) is 0 Å². The van der Waals surface area contributed by atoms with Crippen LogP contribution >= 0.6 is 0 Å². The molecule has 2 N–H and O–H groups in total. The minimum absolute atomic E-state index is 0.0746. The van der Waals surface area contributed by atoms with E-state index in [1.54, 1.807) is 6.92 Å². The average Bonchev–Trinajstić information content (AvgIpc) is 2.96. The largest absolute Gasteiger partial charge is 0.417 e. The highest BCUT2D eigenvalue weighted by Gasteiger charge is 2.40. The maximum absolute atomic E-state index is 14.3. The lowest BCUT2D eigenvalue weighted by Gasteiger charge is -2.16. The van der Waals surface area contributed by atoms with E-state index in [0.717, 1.165) is 0 Å². The molecule has 0 amide bonds. The average molecular weight is 377 g/mol. The molecule has 0 bridgehead atoms. The van der Waals surface area contributed by atoms with Crippen molar-refractivity contribution in [2.24, 2.45) is 0 Å². The van der Waals surface area contributed by atoms with Crippen molar-refractivity contribution in [3.05, 3.63) is 59.6 Å². The second-order valence-electron chi connectivity index (χ2n) is 6.24. The van der Waals surface area contributed by atoms with Crippen LogP contribution in [0.5, 0.6) is 0 Å². The molecular formula is C18H13F4N4O+. The minimum Gasteiger partial charge on any atom is -0.331 e. The van der Waals surface area contributed by atoms with Crippen LogP contribution in [0.3, 0.4) is 0 Å². The van der Waals surface area contributed by atoms with Crippen molar-refractivity contribution >= 4 is 28.4 Å². The zero-order valence-electron chi connectivity index (χ0n) is 14.0. The SMILES string of the molecule is Cc1c[nH+]cc(Nc2nccn3cc4c(c23)CC(=O)C=C4C(F)(F)F)c1F. The van der Waals surface area contributed by atoms with Gasteiger partial charge in [0.05, 0.1) is 16.7 Å². The number of aryl methyl sites for hydroxylation is 1. The summed E-state index contributed by atoms with van der Waals surface area (Å²) in [6, 6.07) is 0. The van der Waals surface area contributed by atoms with E-state index in [4.69, 9.17) is 0 Å². The van der Waals surface area contributed by atoms with Crippen LogP contribution in [0.4, 0.5) is 29.1 Å². The maximum Gasteiger partial charge on any atom is 0.417 e. The summed E-state index contributed by atoms with van der Waals surface area (Å²) in [7, 11) is 0. The molecule has 4 rings (SSSR count). The predicted octanol–water partition coefficient (Wildman–Crippen LogP) is 3.41. The summed E-state index contributed by atoms with van der Waals surface area (Å²) in [6.45, 7) is 1.57. The molecule has 3 aromatic heterocycles. The second-order valence-corrected chi connectivity index (χ2v) is 6.24. The molecule has 0 aliphatic heterocycles. The maximum atomic E-state index is 14.3. The zero-order chi connectivity index (χ0) is 19.3. The molecule has 0 atom stereocenters. The van der Waals surface area contributed by atoms with E-state index in [1.807, 2.05) is 0 Å². The number of aromatic nitrogens is 3. The fraction of sp³-hybridized carbons (Fsp3) is 0.167. The molecule has 3 heterocycles. The first-order valence-corrected chi connectivity index (χ1v) is 7.99. The first-order chi connectivity index (χ1) is 12.8. The smallest absolute Gasteiger partial charge is 0.331 e. The molecule has 9 heteroatoms.